The first-order valence-corrected chi connectivity index (χ1v) is 10.5. The Hall–Kier alpha value is -3.22. The molecule has 0 aliphatic rings. The van der Waals surface area contributed by atoms with E-state index in [2.05, 4.69) is 16.5 Å². The quantitative estimate of drug-likeness (QED) is 0.417. The van der Waals surface area contributed by atoms with E-state index in [9.17, 15) is 4.79 Å². The van der Waals surface area contributed by atoms with Crippen molar-refractivity contribution in [2.75, 3.05) is 13.7 Å². The molecule has 0 saturated carbocycles. The minimum absolute atomic E-state index is 0.0921. The summed E-state index contributed by atoms with van der Waals surface area (Å²) in [6.45, 7) is 5.44. The van der Waals surface area contributed by atoms with Gasteiger partial charge in [-0.15, -0.1) is 11.3 Å². The van der Waals surface area contributed by atoms with Crippen LogP contribution in [-0.4, -0.2) is 28.5 Å². The zero-order chi connectivity index (χ0) is 20.9. The number of nitrogens with one attached hydrogen (secondary N) is 1. The molecule has 2 aromatic carbocycles. The minimum Gasteiger partial charge on any atom is -0.490 e. The van der Waals surface area contributed by atoms with E-state index in [4.69, 9.17) is 9.72 Å². The topological polar surface area (TPSA) is 58.2 Å². The van der Waals surface area contributed by atoms with Crippen LogP contribution < -0.4 is 10.3 Å². The van der Waals surface area contributed by atoms with Crippen molar-refractivity contribution in [3.63, 3.8) is 0 Å². The summed E-state index contributed by atoms with van der Waals surface area (Å²) in [6.07, 6.45) is 1.72. The molecular formula is C24H23N3O2S. The highest BCUT2D eigenvalue weighted by Crippen LogP contribution is 2.30. The molecule has 0 saturated heterocycles. The van der Waals surface area contributed by atoms with Crippen LogP contribution in [0.15, 0.2) is 78.1 Å². The van der Waals surface area contributed by atoms with Gasteiger partial charge in [0.2, 0.25) is 0 Å². The largest absolute Gasteiger partial charge is 0.490 e. The first kappa shape index (κ1) is 20.1. The number of fused-ring (bicyclic) bond motifs is 1. The van der Waals surface area contributed by atoms with Crippen molar-refractivity contribution in [2.24, 2.45) is 0 Å². The number of nitrogens with zero attached hydrogens (tertiary/aromatic N) is 2. The molecule has 0 radical (unpaired) electrons. The summed E-state index contributed by atoms with van der Waals surface area (Å²) in [5.41, 5.74) is 2.17. The van der Waals surface area contributed by atoms with Crippen molar-refractivity contribution >= 4 is 21.6 Å². The number of benzene rings is 2. The molecule has 0 unspecified atom stereocenters. The number of thiophene rings is 1. The van der Waals surface area contributed by atoms with Gasteiger partial charge in [-0.05, 0) is 36.4 Å². The van der Waals surface area contributed by atoms with E-state index < -0.39 is 0 Å². The molecule has 1 N–H and O–H groups in total. The van der Waals surface area contributed by atoms with E-state index >= 15 is 0 Å². The molecule has 4 aromatic rings. The third-order valence-corrected chi connectivity index (χ3v) is 5.75. The lowest BCUT2D eigenvalue weighted by Crippen LogP contribution is -2.21. The van der Waals surface area contributed by atoms with Gasteiger partial charge in [0.05, 0.1) is 11.9 Å². The zero-order valence-corrected chi connectivity index (χ0v) is 17.6. The molecule has 0 bridgehead atoms. The second kappa shape index (κ2) is 9.07. The highest BCUT2D eigenvalue weighted by Gasteiger charge is 2.11. The first-order chi connectivity index (χ1) is 14.6. The average molecular weight is 418 g/mol. The highest BCUT2D eigenvalue weighted by atomic mass is 32.1. The molecule has 5 nitrogen and oxygen atoms in total. The van der Waals surface area contributed by atoms with E-state index in [0.717, 1.165) is 33.1 Å². The van der Waals surface area contributed by atoms with Crippen LogP contribution in [0, 0.1) is 0 Å². The van der Waals surface area contributed by atoms with Crippen LogP contribution in [0.5, 0.6) is 5.75 Å². The SMILES string of the molecule is C=CCOc1ccc(CN(C)Cc2nc3sc(-c4ccccc4)cc3c(=O)[nH]2)cc1. The Labute approximate surface area is 179 Å². The molecule has 0 aliphatic heterocycles. The Morgan fingerprint density at radius 1 is 1.13 bits per heavy atom. The zero-order valence-electron chi connectivity index (χ0n) is 16.8. The maximum atomic E-state index is 12.6. The number of hydrogen-bond acceptors (Lipinski definition) is 5. The standard InChI is InChI=1S/C24H23N3O2S/c1-3-13-29-19-11-9-17(10-12-19)15-27(2)16-22-25-23(28)20-14-21(30-24(20)26-22)18-7-5-4-6-8-18/h3-12,14H,1,13,15-16H2,2H3,(H,25,26,28). The van der Waals surface area contributed by atoms with Crippen molar-refractivity contribution < 1.29 is 4.74 Å². The van der Waals surface area contributed by atoms with Crippen LogP contribution in [0.25, 0.3) is 20.7 Å². The molecule has 0 spiro atoms. The third-order valence-electron chi connectivity index (χ3n) is 4.67. The lowest BCUT2D eigenvalue weighted by molar-refractivity contribution is 0.310. The molecule has 6 heteroatoms. The average Bonchev–Trinajstić information content (AvgIpc) is 3.19. The molecule has 2 heterocycles. The Morgan fingerprint density at radius 2 is 1.90 bits per heavy atom. The predicted octanol–water partition coefficient (Wildman–Crippen LogP) is 4.85. The summed E-state index contributed by atoms with van der Waals surface area (Å²) in [7, 11) is 2.01. The highest BCUT2D eigenvalue weighted by molar-refractivity contribution is 7.21. The van der Waals surface area contributed by atoms with Gasteiger partial charge in [0.25, 0.3) is 5.56 Å². The van der Waals surface area contributed by atoms with E-state index in [1.165, 1.54) is 0 Å². The summed E-state index contributed by atoms with van der Waals surface area (Å²) >= 11 is 1.55. The molecule has 2 aromatic heterocycles. The summed E-state index contributed by atoms with van der Waals surface area (Å²) in [4.78, 5) is 24.2. The van der Waals surface area contributed by atoms with Gasteiger partial charge in [0.15, 0.2) is 0 Å². The fourth-order valence-electron chi connectivity index (χ4n) is 3.27. The molecular weight excluding hydrogens is 394 g/mol. The Morgan fingerprint density at radius 3 is 2.63 bits per heavy atom. The van der Waals surface area contributed by atoms with Gasteiger partial charge in [0.1, 0.15) is 23.0 Å². The van der Waals surface area contributed by atoms with Gasteiger partial charge >= 0.3 is 0 Å². The molecule has 4 rings (SSSR count). The maximum Gasteiger partial charge on any atom is 0.259 e. The van der Waals surface area contributed by atoms with Crippen LogP contribution >= 0.6 is 11.3 Å². The van der Waals surface area contributed by atoms with Gasteiger partial charge < -0.3 is 9.72 Å². The molecule has 30 heavy (non-hydrogen) atoms. The lowest BCUT2D eigenvalue weighted by Gasteiger charge is -2.16. The maximum absolute atomic E-state index is 12.6. The van der Waals surface area contributed by atoms with Gasteiger partial charge in [-0.1, -0.05) is 55.1 Å². The number of rotatable bonds is 8. The van der Waals surface area contributed by atoms with Crippen molar-refractivity contribution in [3.8, 4) is 16.2 Å². The smallest absolute Gasteiger partial charge is 0.259 e. The van der Waals surface area contributed by atoms with Gasteiger partial charge in [-0.3, -0.25) is 9.69 Å². The number of ether oxygens (including phenoxy) is 1. The summed E-state index contributed by atoms with van der Waals surface area (Å²) in [5, 5.41) is 0.639. The van der Waals surface area contributed by atoms with Crippen LogP contribution in [0.3, 0.4) is 0 Å². The fraction of sp³-hybridized carbons (Fsp3) is 0.167. The minimum atomic E-state index is -0.0921. The Bertz CT molecular complexity index is 1200. The second-order valence-electron chi connectivity index (χ2n) is 7.12. The van der Waals surface area contributed by atoms with Crippen LogP contribution in [0.2, 0.25) is 0 Å². The van der Waals surface area contributed by atoms with E-state index in [0.29, 0.717) is 24.4 Å². The summed E-state index contributed by atoms with van der Waals surface area (Å²) in [5.74, 6) is 1.49. The van der Waals surface area contributed by atoms with Crippen molar-refractivity contribution in [3.05, 3.63) is 95.1 Å². The van der Waals surface area contributed by atoms with Gasteiger partial charge in [0, 0.05) is 11.4 Å². The fourth-order valence-corrected chi connectivity index (χ4v) is 4.32. The Kier molecular flexibility index (Phi) is 6.07. The number of H-pyrrole nitrogens is 1. The molecule has 0 fully saturated rings. The van der Waals surface area contributed by atoms with Gasteiger partial charge in [-0.2, -0.15) is 0 Å². The third kappa shape index (κ3) is 4.67. The van der Waals surface area contributed by atoms with Gasteiger partial charge in [-0.25, -0.2) is 4.98 Å². The molecule has 0 aliphatic carbocycles. The van der Waals surface area contributed by atoms with Crippen molar-refractivity contribution in [1.29, 1.82) is 0 Å². The van der Waals surface area contributed by atoms with Crippen LogP contribution in [-0.2, 0) is 13.1 Å². The normalized spacial score (nSPS) is 11.1. The second-order valence-corrected chi connectivity index (χ2v) is 8.15. The van der Waals surface area contributed by atoms with Crippen LogP contribution in [0.4, 0.5) is 0 Å². The summed E-state index contributed by atoms with van der Waals surface area (Å²) in [6, 6.07) is 20.0. The Balaban J connectivity index is 1.48. The lowest BCUT2D eigenvalue weighted by atomic mass is 10.2. The van der Waals surface area contributed by atoms with E-state index in [1.54, 1.807) is 17.4 Å². The molecule has 0 atom stereocenters. The number of aromatic nitrogens is 2. The monoisotopic (exact) mass is 417 g/mol. The predicted molar refractivity (Wildman–Crippen MR) is 123 cm³/mol. The van der Waals surface area contributed by atoms with E-state index in [-0.39, 0.29) is 5.56 Å². The number of hydrogen-bond donors (Lipinski definition) is 1. The van der Waals surface area contributed by atoms with E-state index in [1.807, 2.05) is 67.7 Å². The van der Waals surface area contributed by atoms with Crippen molar-refractivity contribution in [1.82, 2.24) is 14.9 Å². The first-order valence-electron chi connectivity index (χ1n) is 9.72. The van der Waals surface area contributed by atoms with Crippen molar-refractivity contribution in [2.45, 2.75) is 13.1 Å². The molecule has 152 valence electrons. The summed E-state index contributed by atoms with van der Waals surface area (Å²) < 4.78 is 5.52. The number of aromatic amines is 1. The van der Waals surface area contributed by atoms with Crippen LogP contribution in [0.1, 0.15) is 11.4 Å². The molecule has 0 amide bonds.